The molecule has 1 atom stereocenters. The quantitative estimate of drug-likeness (QED) is 0.0347. The number of hydrogen-bond donors (Lipinski definition) is 0. The lowest BCUT2D eigenvalue weighted by molar-refractivity contribution is 0.238. The molecule has 0 bridgehead atoms. The summed E-state index contributed by atoms with van der Waals surface area (Å²) in [6.07, 6.45) is 15.0. The molecule has 5 aromatic rings. The molecule has 5 rings (SSSR count). The number of hydrogen-bond acceptors (Lipinski definition) is 1. The summed E-state index contributed by atoms with van der Waals surface area (Å²) in [5.74, 6) is 7.00. The van der Waals surface area contributed by atoms with E-state index in [0.29, 0.717) is 6.42 Å². The van der Waals surface area contributed by atoms with Gasteiger partial charge in [0, 0.05) is 12.8 Å². The van der Waals surface area contributed by atoms with Crippen molar-refractivity contribution in [2.24, 2.45) is 0 Å². The van der Waals surface area contributed by atoms with E-state index in [0.717, 1.165) is 19.0 Å². The first-order valence-corrected chi connectivity index (χ1v) is 22.4. The highest BCUT2D eigenvalue weighted by molar-refractivity contribution is 7.95. The topological polar surface area (TPSA) is 9.23 Å². The maximum atomic E-state index is 7.58. The molecule has 0 aliphatic carbocycles. The van der Waals surface area contributed by atoms with E-state index in [2.05, 4.69) is 215 Å². The van der Waals surface area contributed by atoms with Crippen LogP contribution in [0.5, 0.6) is 0 Å². The van der Waals surface area contributed by atoms with Crippen LogP contribution in [-0.2, 0) is 4.43 Å². The maximum Gasteiger partial charge on any atom is 0.261 e. The standard InChI is InChI=1S/C48H54OPSi/c1-5-6-7-8-9-16-29-42(49-51(48(2,3)4,46-37-24-13-25-38-46)47-39-26-14-27-40-47)30-17-15-28-41-50(43-31-18-10-19-32-43,44-33-20-11-21-34-44)45-35-22-12-23-36-45/h10-15,17-28,30-40,42H,5-8,29,41H2,1-4H3/q+1/b28-15+,30-17+/t42-/m1/s1. The van der Waals surface area contributed by atoms with Crippen molar-refractivity contribution in [3.63, 3.8) is 0 Å². The summed E-state index contributed by atoms with van der Waals surface area (Å²) in [6.45, 7) is 9.27. The van der Waals surface area contributed by atoms with E-state index in [9.17, 15) is 0 Å². The number of allylic oxidation sites excluding steroid dienone is 3. The van der Waals surface area contributed by atoms with Gasteiger partial charge in [-0.1, -0.05) is 174 Å². The second kappa shape index (κ2) is 18.8. The Kier molecular flexibility index (Phi) is 14.0. The largest absolute Gasteiger partial charge is 0.400 e. The van der Waals surface area contributed by atoms with Crippen LogP contribution in [0.2, 0.25) is 5.04 Å². The SMILES string of the molecule is CCCCCC#CC[C@H](/C=C/C=C/C[P+](c1ccccc1)(c1ccccc1)c1ccccc1)O[Si](c1ccccc1)(c1ccccc1)C(C)(C)C. The Labute approximate surface area is 310 Å². The van der Waals surface area contributed by atoms with E-state index >= 15 is 0 Å². The minimum Gasteiger partial charge on any atom is -0.400 e. The average molecular weight is 706 g/mol. The van der Waals surface area contributed by atoms with Gasteiger partial charge in [-0.25, -0.2) is 0 Å². The van der Waals surface area contributed by atoms with Crippen LogP contribution < -0.4 is 26.3 Å². The van der Waals surface area contributed by atoms with Gasteiger partial charge < -0.3 is 4.43 Å². The van der Waals surface area contributed by atoms with Gasteiger partial charge in [-0.15, -0.1) is 11.8 Å². The normalized spacial score (nSPS) is 12.9. The van der Waals surface area contributed by atoms with Crippen LogP contribution in [0.3, 0.4) is 0 Å². The monoisotopic (exact) mass is 705 g/mol. The van der Waals surface area contributed by atoms with Gasteiger partial charge in [0.1, 0.15) is 23.2 Å². The zero-order valence-corrected chi connectivity index (χ0v) is 32.8. The summed E-state index contributed by atoms with van der Waals surface area (Å²) in [5.41, 5.74) is 0. The van der Waals surface area contributed by atoms with E-state index in [-0.39, 0.29) is 11.1 Å². The Morgan fingerprint density at radius 1 is 0.608 bits per heavy atom. The van der Waals surface area contributed by atoms with Crippen molar-refractivity contribution in [1.29, 1.82) is 0 Å². The maximum absolute atomic E-state index is 7.58. The fourth-order valence-electron chi connectivity index (χ4n) is 7.09. The number of unbranched alkanes of at least 4 members (excludes halogenated alkanes) is 3. The molecule has 51 heavy (non-hydrogen) atoms. The second-order valence-corrected chi connectivity index (χ2v) is 21.9. The molecule has 0 aromatic heterocycles. The Bertz CT molecular complexity index is 1720. The van der Waals surface area contributed by atoms with Crippen molar-refractivity contribution in [1.82, 2.24) is 0 Å². The molecule has 0 N–H and O–H groups in total. The van der Waals surface area contributed by atoms with Crippen molar-refractivity contribution < 1.29 is 4.43 Å². The lowest BCUT2D eigenvalue weighted by atomic mass is 10.2. The molecule has 3 heteroatoms. The van der Waals surface area contributed by atoms with Gasteiger partial charge >= 0.3 is 0 Å². The Morgan fingerprint density at radius 3 is 1.49 bits per heavy atom. The van der Waals surface area contributed by atoms with E-state index in [1.807, 2.05) is 0 Å². The predicted molar refractivity (Wildman–Crippen MR) is 227 cm³/mol. The highest BCUT2D eigenvalue weighted by Crippen LogP contribution is 2.55. The lowest BCUT2D eigenvalue weighted by Crippen LogP contribution is -2.67. The van der Waals surface area contributed by atoms with Crippen LogP contribution in [0.15, 0.2) is 176 Å². The molecule has 0 saturated heterocycles. The Balaban J connectivity index is 1.52. The van der Waals surface area contributed by atoms with Crippen molar-refractivity contribution >= 4 is 41.9 Å². The van der Waals surface area contributed by atoms with Crippen LogP contribution in [0.25, 0.3) is 0 Å². The number of benzene rings is 5. The first-order valence-electron chi connectivity index (χ1n) is 18.5. The minimum atomic E-state index is -2.76. The molecule has 1 nitrogen and oxygen atoms in total. The summed E-state index contributed by atoms with van der Waals surface area (Å²) in [7, 11) is -4.71. The van der Waals surface area contributed by atoms with Crippen molar-refractivity contribution in [3.05, 3.63) is 176 Å². The molecule has 0 spiro atoms. The summed E-state index contributed by atoms with van der Waals surface area (Å²) < 4.78 is 7.58. The van der Waals surface area contributed by atoms with E-state index in [1.54, 1.807) is 0 Å². The summed E-state index contributed by atoms with van der Waals surface area (Å²) in [6, 6.07) is 55.1. The fourth-order valence-corrected chi connectivity index (χ4v) is 15.7. The van der Waals surface area contributed by atoms with Crippen LogP contribution in [0, 0.1) is 11.8 Å². The van der Waals surface area contributed by atoms with Crippen molar-refractivity contribution in [3.8, 4) is 11.8 Å². The Morgan fingerprint density at radius 2 is 1.06 bits per heavy atom. The molecular weight excluding hydrogens is 652 g/mol. The molecule has 0 heterocycles. The highest BCUT2D eigenvalue weighted by atomic mass is 31.2. The van der Waals surface area contributed by atoms with Crippen LogP contribution in [0.1, 0.15) is 59.8 Å². The third kappa shape index (κ3) is 9.35. The molecule has 260 valence electrons. The summed E-state index contributed by atoms with van der Waals surface area (Å²) in [4.78, 5) is 0. The molecular formula is C48H54OPSi+. The summed E-state index contributed by atoms with van der Waals surface area (Å²) in [5, 5.41) is 6.64. The van der Waals surface area contributed by atoms with E-state index in [4.69, 9.17) is 4.43 Å². The van der Waals surface area contributed by atoms with Crippen LogP contribution >= 0.6 is 7.26 Å². The lowest BCUT2D eigenvalue weighted by Gasteiger charge is -2.44. The van der Waals surface area contributed by atoms with E-state index < -0.39 is 15.6 Å². The third-order valence-electron chi connectivity index (χ3n) is 9.62. The molecule has 0 aliphatic heterocycles. The molecule has 0 fully saturated rings. The predicted octanol–water partition coefficient (Wildman–Crippen LogP) is 10.0. The molecule has 0 unspecified atom stereocenters. The van der Waals surface area contributed by atoms with Gasteiger partial charge in [-0.2, -0.15) is 0 Å². The molecule has 5 aromatic carbocycles. The molecule has 0 saturated carbocycles. The Hall–Kier alpha value is -4.25. The third-order valence-corrected chi connectivity index (χ3v) is 19.0. The van der Waals surface area contributed by atoms with Gasteiger partial charge in [0.05, 0.1) is 12.3 Å². The zero-order valence-electron chi connectivity index (χ0n) is 30.9. The average Bonchev–Trinajstić information content (AvgIpc) is 3.17. The van der Waals surface area contributed by atoms with Gasteiger partial charge in [0.15, 0.2) is 0 Å². The first-order chi connectivity index (χ1) is 24.9. The highest BCUT2D eigenvalue weighted by Gasteiger charge is 2.51. The fraction of sp³-hybridized carbons (Fsp3) is 0.250. The van der Waals surface area contributed by atoms with Gasteiger partial charge in [0.25, 0.3) is 8.32 Å². The van der Waals surface area contributed by atoms with Crippen LogP contribution in [-0.4, -0.2) is 20.6 Å². The van der Waals surface area contributed by atoms with Gasteiger partial charge in [-0.05, 0) is 64.3 Å². The first kappa shape index (κ1) is 38.0. The molecule has 0 aliphatic rings. The van der Waals surface area contributed by atoms with E-state index in [1.165, 1.54) is 39.1 Å². The smallest absolute Gasteiger partial charge is 0.261 e. The van der Waals surface area contributed by atoms with Crippen LogP contribution in [0.4, 0.5) is 0 Å². The molecule has 0 radical (unpaired) electrons. The summed E-state index contributed by atoms with van der Waals surface area (Å²) >= 11 is 0. The van der Waals surface area contributed by atoms with Crippen molar-refractivity contribution in [2.75, 3.05) is 6.16 Å². The molecule has 0 amide bonds. The van der Waals surface area contributed by atoms with Crippen molar-refractivity contribution in [2.45, 2.75) is 70.9 Å². The zero-order chi connectivity index (χ0) is 35.8. The number of rotatable bonds is 15. The second-order valence-electron chi connectivity index (χ2n) is 14.1. The van der Waals surface area contributed by atoms with Gasteiger partial charge in [0.2, 0.25) is 0 Å². The van der Waals surface area contributed by atoms with Gasteiger partial charge in [-0.3, -0.25) is 0 Å². The minimum absolute atomic E-state index is 0.114.